The fourth-order valence-corrected chi connectivity index (χ4v) is 1.64. The van der Waals surface area contributed by atoms with Gasteiger partial charge < -0.3 is 5.32 Å². The highest BCUT2D eigenvalue weighted by Crippen LogP contribution is 2.16. The molecule has 1 rings (SSSR count). The molecule has 0 saturated carbocycles. The summed E-state index contributed by atoms with van der Waals surface area (Å²) in [6.45, 7) is 2.59. The zero-order valence-electron chi connectivity index (χ0n) is 9.66. The van der Waals surface area contributed by atoms with Crippen LogP contribution >= 0.6 is 15.9 Å². The number of carbonyl (C=O) groups excluding carboxylic acids is 1. The highest BCUT2D eigenvalue weighted by atomic mass is 79.9. The van der Waals surface area contributed by atoms with Gasteiger partial charge in [0.05, 0.1) is 19.1 Å². The Labute approximate surface area is 110 Å². The minimum Gasteiger partial charge on any atom is -0.348 e. The number of nitrogens with one attached hydrogen (secondary N) is 2. The summed E-state index contributed by atoms with van der Waals surface area (Å²) in [7, 11) is 0. The van der Waals surface area contributed by atoms with Crippen molar-refractivity contribution in [1.82, 2.24) is 10.6 Å². The summed E-state index contributed by atoms with van der Waals surface area (Å²) in [5.41, 5.74) is 1.07. The molecule has 0 saturated heterocycles. The van der Waals surface area contributed by atoms with E-state index >= 15 is 0 Å². The average molecular weight is 295 g/mol. The molecule has 0 bridgehead atoms. The van der Waals surface area contributed by atoms with E-state index in [9.17, 15) is 4.79 Å². The Morgan fingerprint density at radius 3 is 2.71 bits per heavy atom. The molecule has 1 aromatic carbocycles. The predicted molar refractivity (Wildman–Crippen MR) is 72.4 cm³/mol. The highest BCUT2D eigenvalue weighted by molar-refractivity contribution is 9.10. The molecule has 0 aliphatic rings. The molecule has 0 aliphatic carbocycles. The fraction of sp³-hybridized carbons (Fsp3) is 0.308. The molecule has 4 heteroatoms. The molecule has 1 amide bonds. The van der Waals surface area contributed by atoms with Crippen molar-refractivity contribution >= 4 is 21.8 Å². The zero-order chi connectivity index (χ0) is 12.7. The van der Waals surface area contributed by atoms with Crippen LogP contribution in [0.3, 0.4) is 0 Å². The van der Waals surface area contributed by atoms with Gasteiger partial charge in [0, 0.05) is 4.47 Å². The topological polar surface area (TPSA) is 41.1 Å². The molecule has 17 heavy (non-hydrogen) atoms. The summed E-state index contributed by atoms with van der Waals surface area (Å²) < 4.78 is 1.02. The van der Waals surface area contributed by atoms with Crippen LogP contribution in [-0.4, -0.2) is 19.0 Å². The van der Waals surface area contributed by atoms with Gasteiger partial charge in [-0.1, -0.05) is 34.0 Å². The minimum atomic E-state index is -0.0596. The first kappa shape index (κ1) is 13.8. The third-order valence-corrected chi connectivity index (χ3v) is 2.79. The van der Waals surface area contributed by atoms with Crippen molar-refractivity contribution in [1.29, 1.82) is 0 Å². The van der Waals surface area contributed by atoms with Crippen molar-refractivity contribution in [2.75, 3.05) is 13.1 Å². The lowest BCUT2D eigenvalue weighted by molar-refractivity contribution is -0.120. The first-order valence-corrected chi connectivity index (χ1v) is 6.12. The Hall–Kier alpha value is -1.31. The van der Waals surface area contributed by atoms with Crippen LogP contribution in [0.25, 0.3) is 0 Å². The standard InChI is InChI=1S/C13H15BrN2O/c1-3-8-15-9-13(17)16-10(2)11-4-6-12(14)7-5-11/h1,4-7,10,15H,8-9H2,2H3,(H,16,17)/t10-/m0/s1. The molecule has 0 heterocycles. The smallest absolute Gasteiger partial charge is 0.234 e. The van der Waals surface area contributed by atoms with Gasteiger partial charge in [0.2, 0.25) is 5.91 Å². The van der Waals surface area contributed by atoms with Gasteiger partial charge in [0.25, 0.3) is 0 Å². The maximum absolute atomic E-state index is 11.5. The molecule has 90 valence electrons. The molecular formula is C13H15BrN2O. The second kappa shape index (κ2) is 7.10. The summed E-state index contributed by atoms with van der Waals surface area (Å²) in [4.78, 5) is 11.5. The Kier molecular flexibility index (Phi) is 5.75. The van der Waals surface area contributed by atoms with Gasteiger partial charge in [0.15, 0.2) is 0 Å². The minimum absolute atomic E-state index is 0.0109. The van der Waals surface area contributed by atoms with E-state index in [1.165, 1.54) is 0 Å². The van der Waals surface area contributed by atoms with Crippen LogP contribution in [0.5, 0.6) is 0 Å². The SMILES string of the molecule is C#CCNCC(=O)N[C@@H](C)c1ccc(Br)cc1. The molecule has 1 atom stereocenters. The molecule has 0 unspecified atom stereocenters. The van der Waals surface area contributed by atoms with Crippen molar-refractivity contribution in [2.45, 2.75) is 13.0 Å². The van der Waals surface area contributed by atoms with Crippen molar-refractivity contribution in [3.8, 4) is 12.3 Å². The molecular weight excluding hydrogens is 280 g/mol. The number of halogens is 1. The van der Waals surface area contributed by atoms with Crippen LogP contribution in [0, 0.1) is 12.3 Å². The largest absolute Gasteiger partial charge is 0.348 e. The Bertz CT molecular complexity index is 408. The normalized spacial score (nSPS) is 11.6. The molecule has 0 aliphatic heterocycles. The van der Waals surface area contributed by atoms with E-state index in [0.29, 0.717) is 6.54 Å². The van der Waals surface area contributed by atoms with Crippen molar-refractivity contribution in [2.24, 2.45) is 0 Å². The summed E-state index contributed by atoms with van der Waals surface area (Å²) in [5.74, 6) is 2.36. The van der Waals surface area contributed by atoms with Crippen LogP contribution in [0.15, 0.2) is 28.7 Å². The maximum Gasteiger partial charge on any atom is 0.234 e. The number of rotatable bonds is 5. The number of hydrogen-bond donors (Lipinski definition) is 2. The van der Waals surface area contributed by atoms with E-state index in [4.69, 9.17) is 6.42 Å². The van der Waals surface area contributed by atoms with Gasteiger partial charge in [-0.05, 0) is 24.6 Å². The van der Waals surface area contributed by atoms with E-state index in [0.717, 1.165) is 10.0 Å². The number of amides is 1. The van der Waals surface area contributed by atoms with Gasteiger partial charge in [0.1, 0.15) is 0 Å². The van der Waals surface area contributed by atoms with Crippen LogP contribution in [0.1, 0.15) is 18.5 Å². The average Bonchev–Trinajstić information content (AvgIpc) is 2.30. The molecule has 0 aromatic heterocycles. The molecule has 1 aromatic rings. The summed E-state index contributed by atoms with van der Waals surface area (Å²) in [5, 5.41) is 5.73. The Balaban J connectivity index is 2.43. The third kappa shape index (κ3) is 5.03. The summed E-state index contributed by atoms with van der Waals surface area (Å²) >= 11 is 3.37. The molecule has 0 spiro atoms. The van der Waals surface area contributed by atoms with Gasteiger partial charge in [-0.2, -0.15) is 0 Å². The van der Waals surface area contributed by atoms with E-state index in [-0.39, 0.29) is 18.5 Å². The first-order valence-electron chi connectivity index (χ1n) is 5.32. The van der Waals surface area contributed by atoms with Crippen LogP contribution in [0.2, 0.25) is 0 Å². The lowest BCUT2D eigenvalue weighted by Gasteiger charge is -2.14. The second-order valence-electron chi connectivity index (χ2n) is 3.65. The fourth-order valence-electron chi connectivity index (χ4n) is 1.38. The van der Waals surface area contributed by atoms with Crippen molar-refractivity contribution < 1.29 is 4.79 Å². The number of carbonyl (C=O) groups is 1. The number of terminal acetylenes is 1. The van der Waals surface area contributed by atoms with Crippen molar-refractivity contribution in [3.05, 3.63) is 34.3 Å². The van der Waals surface area contributed by atoms with E-state index in [1.807, 2.05) is 31.2 Å². The monoisotopic (exact) mass is 294 g/mol. The molecule has 3 nitrogen and oxygen atoms in total. The van der Waals surface area contributed by atoms with Gasteiger partial charge in [-0.15, -0.1) is 6.42 Å². The zero-order valence-corrected chi connectivity index (χ0v) is 11.3. The third-order valence-electron chi connectivity index (χ3n) is 2.26. The predicted octanol–water partition coefficient (Wildman–Crippen LogP) is 1.85. The Morgan fingerprint density at radius 1 is 1.47 bits per heavy atom. The summed E-state index contributed by atoms with van der Waals surface area (Å²) in [6, 6.07) is 7.85. The van der Waals surface area contributed by atoms with Crippen LogP contribution in [0.4, 0.5) is 0 Å². The van der Waals surface area contributed by atoms with Gasteiger partial charge >= 0.3 is 0 Å². The first-order chi connectivity index (χ1) is 8.13. The second-order valence-corrected chi connectivity index (χ2v) is 4.56. The number of hydrogen-bond acceptors (Lipinski definition) is 2. The van der Waals surface area contributed by atoms with Crippen molar-refractivity contribution in [3.63, 3.8) is 0 Å². The highest BCUT2D eigenvalue weighted by Gasteiger charge is 2.08. The summed E-state index contributed by atoms with van der Waals surface area (Å²) in [6.07, 6.45) is 5.07. The van der Waals surface area contributed by atoms with Crippen LogP contribution < -0.4 is 10.6 Å². The quantitative estimate of drug-likeness (QED) is 0.643. The molecule has 0 fully saturated rings. The van der Waals surface area contributed by atoms with E-state index < -0.39 is 0 Å². The molecule has 2 N–H and O–H groups in total. The van der Waals surface area contributed by atoms with E-state index in [2.05, 4.69) is 32.5 Å². The van der Waals surface area contributed by atoms with Crippen LogP contribution in [-0.2, 0) is 4.79 Å². The van der Waals surface area contributed by atoms with Gasteiger partial charge in [-0.3, -0.25) is 10.1 Å². The lowest BCUT2D eigenvalue weighted by atomic mass is 10.1. The Morgan fingerprint density at radius 2 is 2.12 bits per heavy atom. The number of benzene rings is 1. The lowest BCUT2D eigenvalue weighted by Crippen LogP contribution is -2.35. The van der Waals surface area contributed by atoms with E-state index in [1.54, 1.807) is 0 Å². The maximum atomic E-state index is 11.5. The van der Waals surface area contributed by atoms with Gasteiger partial charge in [-0.25, -0.2) is 0 Å². The molecule has 0 radical (unpaired) electrons.